The molecule has 2 heterocycles. The molecule has 1 aromatic heterocycles. The van der Waals surface area contributed by atoms with Gasteiger partial charge in [-0.3, -0.25) is 9.59 Å². The number of oxazole rings is 1. The van der Waals surface area contributed by atoms with Crippen molar-refractivity contribution in [2.24, 2.45) is 5.41 Å². The summed E-state index contributed by atoms with van der Waals surface area (Å²) in [6.07, 6.45) is 0.737. The molecule has 0 spiro atoms. The second kappa shape index (κ2) is 7.06. The fourth-order valence-corrected chi connectivity index (χ4v) is 2.87. The molecule has 2 aromatic rings. The van der Waals surface area contributed by atoms with Crippen LogP contribution in [0.3, 0.4) is 0 Å². The van der Waals surface area contributed by atoms with Crippen LogP contribution in [0.15, 0.2) is 34.7 Å². The number of carboxylic acids is 1. The van der Waals surface area contributed by atoms with Gasteiger partial charge in [0.05, 0.1) is 11.1 Å². The van der Waals surface area contributed by atoms with E-state index in [1.807, 2.05) is 30.3 Å². The van der Waals surface area contributed by atoms with Gasteiger partial charge in [-0.1, -0.05) is 18.2 Å². The topological polar surface area (TPSA) is 102 Å². The fourth-order valence-electron chi connectivity index (χ4n) is 2.87. The Hall–Kier alpha value is -2.67. The second-order valence-electron chi connectivity index (χ2n) is 6.18. The average Bonchev–Trinajstić information content (AvgIpc) is 3.03. The molecular formula is C18H20N2O5. The summed E-state index contributed by atoms with van der Waals surface area (Å²) in [6, 6.07) is 9.28. The van der Waals surface area contributed by atoms with Crippen LogP contribution in [0.5, 0.6) is 0 Å². The first-order valence-electron chi connectivity index (χ1n) is 8.14. The van der Waals surface area contributed by atoms with Crippen LogP contribution in [0.2, 0.25) is 0 Å². The summed E-state index contributed by atoms with van der Waals surface area (Å²) >= 11 is 0. The number of nitrogens with one attached hydrogen (secondary N) is 1. The summed E-state index contributed by atoms with van der Waals surface area (Å²) < 4.78 is 10.8. The normalized spacial score (nSPS) is 16.4. The van der Waals surface area contributed by atoms with Crippen LogP contribution in [-0.2, 0) is 9.53 Å². The van der Waals surface area contributed by atoms with Gasteiger partial charge in [-0.05, 0) is 31.9 Å². The predicted octanol–water partition coefficient (Wildman–Crippen LogP) is 2.26. The molecule has 1 saturated heterocycles. The highest BCUT2D eigenvalue weighted by molar-refractivity contribution is 5.93. The molecule has 1 aromatic carbocycles. The highest BCUT2D eigenvalue weighted by Crippen LogP contribution is 2.30. The van der Waals surface area contributed by atoms with Gasteiger partial charge in [0.25, 0.3) is 5.91 Å². The quantitative estimate of drug-likeness (QED) is 0.863. The number of nitrogens with zero attached hydrogens (tertiary/aromatic N) is 1. The molecule has 0 saturated carbocycles. The molecule has 1 fully saturated rings. The third kappa shape index (κ3) is 3.56. The highest BCUT2D eigenvalue weighted by atomic mass is 16.5. The molecule has 2 N–H and O–H groups in total. The van der Waals surface area contributed by atoms with E-state index in [1.54, 1.807) is 6.92 Å². The van der Waals surface area contributed by atoms with Gasteiger partial charge < -0.3 is 19.6 Å². The summed E-state index contributed by atoms with van der Waals surface area (Å²) in [5, 5.41) is 12.2. The van der Waals surface area contributed by atoms with Gasteiger partial charge in [-0.15, -0.1) is 0 Å². The maximum atomic E-state index is 12.4. The third-order valence-corrected chi connectivity index (χ3v) is 4.51. The Morgan fingerprint density at radius 2 is 1.92 bits per heavy atom. The van der Waals surface area contributed by atoms with Gasteiger partial charge in [0.2, 0.25) is 11.7 Å². The van der Waals surface area contributed by atoms with E-state index in [1.165, 1.54) is 0 Å². The summed E-state index contributed by atoms with van der Waals surface area (Å²) in [6.45, 7) is 2.47. The van der Waals surface area contributed by atoms with Crippen LogP contribution < -0.4 is 5.32 Å². The van der Waals surface area contributed by atoms with Gasteiger partial charge >= 0.3 is 5.97 Å². The van der Waals surface area contributed by atoms with Crippen LogP contribution >= 0.6 is 0 Å². The number of hydrogen-bond donors (Lipinski definition) is 2. The molecule has 0 bridgehead atoms. The number of rotatable bonds is 5. The Labute approximate surface area is 145 Å². The standard InChI is InChI=1S/C18H20N2O5/c1-12-14(25-16(20-12)13-5-3-2-4-6-13)15(21)19-11-18(17(22)23)7-9-24-10-8-18/h2-6H,7-11H2,1H3,(H,19,21)(H,22,23). The number of benzene rings is 1. The molecule has 25 heavy (non-hydrogen) atoms. The van der Waals surface area contributed by atoms with Crippen molar-refractivity contribution in [2.75, 3.05) is 19.8 Å². The maximum Gasteiger partial charge on any atom is 0.311 e. The fraction of sp³-hybridized carbons (Fsp3) is 0.389. The van der Waals surface area contributed by atoms with E-state index in [2.05, 4.69) is 10.3 Å². The SMILES string of the molecule is Cc1nc(-c2ccccc2)oc1C(=O)NCC1(C(=O)O)CCOCC1. The zero-order valence-corrected chi connectivity index (χ0v) is 13.9. The van der Waals surface area contributed by atoms with Crippen LogP contribution in [0.1, 0.15) is 29.1 Å². The summed E-state index contributed by atoms with van der Waals surface area (Å²) in [5.74, 6) is -0.914. The van der Waals surface area contributed by atoms with Crippen molar-refractivity contribution in [2.45, 2.75) is 19.8 Å². The lowest BCUT2D eigenvalue weighted by Gasteiger charge is -2.32. The molecule has 3 rings (SSSR count). The molecule has 1 amide bonds. The molecule has 0 unspecified atom stereocenters. The van der Waals surface area contributed by atoms with Crippen LogP contribution in [0.4, 0.5) is 0 Å². The predicted molar refractivity (Wildman–Crippen MR) is 89.1 cm³/mol. The molecule has 132 valence electrons. The number of carbonyl (C=O) groups excluding carboxylic acids is 1. The Balaban J connectivity index is 1.73. The first kappa shape index (κ1) is 17.2. The summed E-state index contributed by atoms with van der Waals surface area (Å²) in [4.78, 5) is 28.4. The molecule has 1 aliphatic rings. The number of aromatic nitrogens is 1. The lowest BCUT2D eigenvalue weighted by Crippen LogP contribution is -2.46. The first-order valence-corrected chi connectivity index (χ1v) is 8.14. The molecule has 0 radical (unpaired) electrons. The number of carbonyl (C=O) groups is 2. The summed E-state index contributed by atoms with van der Waals surface area (Å²) in [7, 11) is 0. The third-order valence-electron chi connectivity index (χ3n) is 4.51. The minimum atomic E-state index is -0.996. The van der Waals surface area contributed by atoms with Gasteiger partial charge in [0.1, 0.15) is 0 Å². The number of aryl methyl sites for hydroxylation is 1. The molecular weight excluding hydrogens is 324 g/mol. The minimum Gasteiger partial charge on any atom is -0.481 e. The lowest BCUT2D eigenvalue weighted by molar-refractivity contribution is -0.154. The van der Waals surface area contributed by atoms with Gasteiger partial charge in [0, 0.05) is 25.3 Å². The van der Waals surface area contributed by atoms with E-state index >= 15 is 0 Å². The molecule has 0 atom stereocenters. The van der Waals surface area contributed by atoms with E-state index in [4.69, 9.17) is 9.15 Å². The number of aliphatic carboxylic acids is 1. The largest absolute Gasteiger partial charge is 0.481 e. The van der Waals surface area contributed by atoms with Crippen molar-refractivity contribution >= 4 is 11.9 Å². The monoisotopic (exact) mass is 344 g/mol. The van der Waals surface area contributed by atoms with E-state index in [-0.39, 0.29) is 12.3 Å². The van der Waals surface area contributed by atoms with Crippen molar-refractivity contribution in [3.05, 3.63) is 41.8 Å². The number of ether oxygens (including phenoxy) is 1. The van der Waals surface area contributed by atoms with Crippen LogP contribution in [0.25, 0.3) is 11.5 Å². The molecule has 0 aliphatic carbocycles. The highest BCUT2D eigenvalue weighted by Gasteiger charge is 2.40. The minimum absolute atomic E-state index is 0.0331. The Morgan fingerprint density at radius 3 is 2.56 bits per heavy atom. The van der Waals surface area contributed by atoms with Gasteiger partial charge in [-0.2, -0.15) is 0 Å². The van der Waals surface area contributed by atoms with Crippen molar-refractivity contribution in [1.29, 1.82) is 0 Å². The second-order valence-corrected chi connectivity index (χ2v) is 6.18. The number of amides is 1. The molecule has 7 nitrogen and oxygen atoms in total. The first-order chi connectivity index (χ1) is 12.0. The maximum absolute atomic E-state index is 12.4. The van der Waals surface area contributed by atoms with E-state index in [9.17, 15) is 14.7 Å². The Morgan fingerprint density at radius 1 is 1.24 bits per heavy atom. The lowest BCUT2D eigenvalue weighted by atomic mass is 9.80. The number of carboxylic acid groups (broad SMARTS) is 1. The average molecular weight is 344 g/mol. The van der Waals surface area contributed by atoms with E-state index in [0.717, 1.165) is 5.56 Å². The van der Waals surface area contributed by atoms with Crippen molar-refractivity contribution < 1.29 is 23.8 Å². The Bertz CT molecular complexity index is 763. The smallest absolute Gasteiger partial charge is 0.311 e. The van der Waals surface area contributed by atoms with Gasteiger partial charge in [0.15, 0.2) is 0 Å². The van der Waals surface area contributed by atoms with E-state index < -0.39 is 17.3 Å². The zero-order valence-electron chi connectivity index (χ0n) is 13.9. The zero-order chi connectivity index (χ0) is 17.9. The van der Waals surface area contributed by atoms with Crippen LogP contribution in [-0.4, -0.2) is 41.7 Å². The molecule has 7 heteroatoms. The van der Waals surface area contributed by atoms with Gasteiger partial charge in [-0.25, -0.2) is 4.98 Å². The van der Waals surface area contributed by atoms with E-state index in [0.29, 0.717) is 37.6 Å². The number of hydrogen-bond acceptors (Lipinski definition) is 5. The Kier molecular flexibility index (Phi) is 4.85. The molecule has 1 aliphatic heterocycles. The van der Waals surface area contributed by atoms with Crippen LogP contribution in [0, 0.1) is 12.3 Å². The van der Waals surface area contributed by atoms with Crippen molar-refractivity contribution in [3.8, 4) is 11.5 Å². The van der Waals surface area contributed by atoms with Crippen molar-refractivity contribution in [3.63, 3.8) is 0 Å². The summed E-state index contributed by atoms with van der Waals surface area (Å²) in [5.41, 5.74) is 0.244. The van der Waals surface area contributed by atoms with Crippen molar-refractivity contribution in [1.82, 2.24) is 10.3 Å².